The van der Waals surface area contributed by atoms with E-state index in [9.17, 15) is 4.79 Å². The number of piperazine rings is 1. The summed E-state index contributed by atoms with van der Waals surface area (Å²) in [6, 6.07) is 11.8. The van der Waals surface area contributed by atoms with Gasteiger partial charge in [0.15, 0.2) is 0 Å². The van der Waals surface area contributed by atoms with Crippen LogP contribution in [-0.2, 0) is 18.4 Å². The van der Waals surface area contributed by atoms with Gasteiger partial charge < -0.3 is 9.80 Å². The van der Waals surface area contributed by atoms with Gasteiger partial charge in [0.25, 0.3) is 0 Å². The van der Waals surface area contributed by atoms with E-state index in [0.29, 0.717) is 24.7 Å². The highest BCUT2D eigenvalue weighted by atomic mass is 35.5. The Morgan fingerprint density at radius 1 is 0.967 bits per heavy atom. The van der Waals surface area contributed by atoms with Gasteiger partial charge in [0.1, 0.15) is 0 Å². The summed E-state index contributed by atoms with van der Waals surface area (Å²) >= 11 is 5.95. The molecule has 8 heteroatoms. The van der Waals surface area contributed by atoms with Gasteiger partial charge in [-0.15, -0.1) is 0 Å². The average molecular weight is 421 g/mol. The van der Waals surface area contributed by atoms with Gasteiger partial charge in [-0.2, -0.15) is 10.2 Å². The van der Waals surface area contributed by atoms with Gasteiger partial charge in [-0.05, 0) is 23.8 Å². The number of hydrogen-bond acceptors (Lipinski definition) is 4. The lowest BCUT2D eigenvalue weighted by Crippen LogP contribution is -2.50. The number of nitrogens with zero attached hydrogens (tertiary/aromatic N) is 6. The third-order valence-corrected chi connectivity index (χ3v) is 5.73. The first kappa shape index (κ1) is 18.7. The fraction of sp³-hybridized carbons (Fsp3) is 0.227. The lowest BCUT2D eigenvalue weighted by Gasteiger charge is -2.35. The predicted octanol–water partition coefficient (Wildman–Crippen LogP) is 3.24. The molecule has 152 valence electrons. The van der Waals surface area contributed by atoms with Crippen LogP contribution in [0.1, 0.15) is 5.56 Å². The molecular weight excluding hydrogens is 400 g/mol. The number of halogens is 1. The van der Waals surface area contributed by atoms with Crippen LogP contribution in [0.15, 0.2) is 61.2 Å². The molecule has 0 atom stereocenters. The van der Waals surface area contributed by atoms with Crippen molar-refractivity contribution in [2.45, 2.75) is 6.54 Å². The fourth-order valence-electron chi connectivity index (χ4n) is 3.85. The smallest absolute Gasteiger partial charge is 0.242 e. The van der Waals surface area contributed by atoms with E-state index in [0.717, 1.165) is 34.4 Å². The minimum absolute atomic E-state index is 0.113. The molecule has 3 aromatic heterocycles. The third kappa shape index (κ3) is 3.52. The topological polar surface area (TPSA) is 58.7 Å². The minimum Gasteiger partial charge on any atom is -0.357 e. The van der Waals surface area contributed by atoms with Gasteiger partial charge >= 0.3 is 0 Å². The number of amides is 1. The molecule has 4 heterocycles. The summed E-state index contributed by atoms with van der Waals surface area (Å²) in [5, 5.41) is 9.45. The Balaban J connectivity index is 1.32. The summed E-state index contributed by atoms with van der Waals surface area (Å²) in [6.45, 7) is 2.39. The third-order valence-electron chi connectivity index (χ3n) is 5.48. The maximum Gasteiger partial charge on any atom is 0.242 e. The number of anilines is 1. The molecule has 1 saturated heterocycles. The molecule has 1 amide bonds. The maximum absolute atomic E-state index is 12.8. The second-order valence-corrected chi connectivity index (χ2v) is 7.98. The van der Waals surface area contributed by atoms with E-state index in [1.165, 1.54) is 0 Å². The number of aromatic nitrogens is 4. The average Bonchev–Trinajstić information content (AvgIpc) is 3.37. The van der Waals surface area contributed by atoms with Crippen LogP contribution in [0.2, 0.25) is 5.02 Å². The van der Waals surface area contributed by atoms with Crippen LogP contribution in [0.5, 0.6) is 0 Å². The van der Waals surface area contributed by atoms with Crippen LogP contribution < -0.4 is 4.90 Å². The van der Waals surface area contributed by atoms with E-state index in [2.05, 4.69) is 27.2 Å². The molecule has 0 radical (unpaired) electrons. The molecule has 0 spiro atoms. The second-order valence-electron chi connectivity index (χ2n) is 7.54. The molecule has 1 aliphatic rings. The Morgan fingerprint density at radius 3 is 2.53 bits per heavy atom. The molecule has 0 saturated carbocycles. The summed E-state index contributed by atoms with van der Waals surface area (Å²) in [6.07, 6.45) is 7.65. The molecule has 30 heavy (non-hydrogen) atoms. The molecule has 1 aromatic carbocycles. The van der Waals surface area contributed by atoms with E-state index >= 15 is 0 Å². The van der Waals surface area contributed by atoms with Gasteiger partial charge in [-0.3, -0.25) is 9.48 Å². The molecule has 0 aliphatic carbocycles. The highest BCUT2D eigenvalue weighted by Crippen LogP contribution is 2.26. The molecule has 1 aliphatic heterocycles. The Hall–Kier alpha value is -3.32. The Labute approximate surface area is 179 Å². The van der Waals surface area contributed by atoms with Crippen LogP contribution >= 0.6 is 11.6 Å². The van der Waals surface area contributed by atoms with Crippen LogP contribution in [0.25, 0.3) is 16.6 Å². The number of carbonyl (C=O) groups excluding carboxylic acids is 1. The number of fused-ring (bicyclic) bond motifs is 1. The Morgan fingerprint density at radius 2 is 1.80 bits per heavy atom. The summed E-state index contributed by atoms with van der Waals surface area (Å²) in [4.78, 5) is 16.8. The summed E-state index contributed by atoms with van der Waals surface area (Å²) in [5.74, 6) is 0.113. The molecule has 7 nitrogen and oxygen atoms in total. The van der Waals surface area contributed by atoms with Crippen molar-refractivity contribution in [2.24, 2.45) is 7.05 Å². The predicted molar refractivity (Wildman–Crippen MR) is 116 cm³/mol. The zero-order valence-corrected chi connectivity index (χ0v) is 17.3. The standard InChI is InChI=1S/C22H21ClN6O/c1-26-13-18(10-24-26)17-4-7-20-21(11-25-29(20)14-17)27-8-9-28(22(30)15-27)12-16-2-5-19(23)6-3-16/h2-7,10-11,13-14H,8-9,12,15H2,1H3. The SMILES string of the molecule is Cn1cc(-c2ccc3c(N4CCN(Cc5ccc(Cl)cc5)C(=O)C4)cnn3c2)cn1. The van der Waals surface area contributed by atoms with Gasteiger partial charge in [0.05, 0.1) is 30.1 Å². The first-order valence-corrected chi connectivity index (χ1v) is 10.2. The van der Waals surface area contributed by atoms with Crippen LogP contribution in [0.4, 0.5) is 5.69 Å². The van der Waals surface area contributed by atoms with Crippen LogP contribution in [-0.4, -0.2) is 49.8 Å². The van der Waals surface area contributed by atoms with Gasteiger partial charge in [-0.1, -0.05) is 29.8 Å². The van der Waals surface area contributed by atoms with Gasteiger partial charge in [0.2, 0.25) is 5.91 Å². The quantitative estimate of drug-likeness (QED) is 0.508. The number of rotatable bonds is 4. The molecule has 1 fully saturated rings. The Kier molecular flexibility index (Phi) is 4.67. The summed E-state index contributed by atoms with van der Waals surface area (Å²) in [7, 11) is 1.90. The molecule has 0 N–H and O–H groups in total. The van der Waals surface area contributed by atoms with Crippen molar-refractivity contribution in [1.82, 2.24) is 24.3 Å². The summed E-state index contributed by atoms with van der Waals surface area (Å²) < 4.78 is 3.64. The zero-order valence-electron chi connectivity index (χ0n) is 16.6. The highest BCUT2D eigenvalue weighted by Gasteiger charge is 2.26. The van der Waals surface area contributed by atoms with Crippen LogP contribution in [0.3, 0.4) is 0 Å². The largest absolute Gasteiger partial charge is 0.357 e. The van der Waals surface area contributed by atoms with Crippen molar-refractivity contribution in [2.75, 3.05) is 24.5 Å². The van der Waals surface area contributed by atoms with E-state index in [1.807, 2.05) is 65.5 Å². The van der Waals surface area contributed by atoms with Crippen molar-refractivity contribution in [3.8, 4) is 11.1 Å². The molecule has 4 aromatic rings. The number of aryl methyl sites for hydroxylation is 1. The van der Waals surface area contributed by atoms with Crippen molar-refractivity contribution >= 4 is 28.7 Å². The Bertz CT molecular complexity index is 1210. The van der Waals surface area contributed by atoms with E-state index in [-0.39, 0.29) is 5.91 Å². The van der Waals surface area contributed by atoms with Crippen molar-refractivity contribution < 1.29 is 4.79 Å². The summed E-state index contributed by atoms with van der Waals surface area (Å²) in [5.41, 5.74) is 5.14. The highest BCUT2D eigenvalue weighted by molar-refractivity contribution is 6.30. The number of carbonyl (C=O) groups is 1. The monoisotopic (exact) mass is 420 g/mol. The first-order valence-electron chi connectivity index (χ1n) is 9.80. The van der Waals surface area contributed by atoms with Gasteiger partial charge in [-0.25, -0.2) is 4.52 Å². The van der Waals surface area contributed by atoms with Crippen molar-refractivity contribution in [3.05, 3.63) is 71.8 Å². The zero-order chi connectivity index (χ0) is 20.7. The molecule has 0 unspecified atom stereocenters. The molecule has 5 rings (SSSR count). The van der Waals surface area contributed by atoms with E-state index in [1.54, 1.807) is 4.68 Å². The van der Waals surface area contributed by atoms with E-state index < -0.39 is 0 Å². The van der Waals surface area contributed by atoms with Crippen molar-refractivity contribution in [3.63, 3.8) is 0 Å². The van der Waals surface area contributed by atoms with Crippen molar-refractivity contribution in [1.29, 1.82) is 0 Å². The minimum atomic E-state index is 0.113. The van der Waals surface area contributed by atoms with E-state index in [4.69, 9.17) is 11.6 Å². The lowest BCUT2D eigenvalue weighted by atomic mass is 10.1. The second kappa shape index (κ2) is 7.50. The number of benzene rings is 1. The number of hydrogen-bond donors (Lipinski definition) is 0. The number of pyridine rings is 1. The van der Waals surface area contributed by atoms with Gasteiger partial charge in [0, 0.05) is 55.2 Å². The lowest BCUT2D eigenvalue weighted by molar-refractivity contribution is -0.131. The van der Waals surface area contributed by atoms with Crippen LogP contribution in [0, 0.1) is 0 Å². The normalized spacial score (nSPS) is 14.7. The fourth-order valence-corrected chi connectivity index (χ4v) is 3.97. The maximum atomic E-state index is 12.8. The molecule has 0 bridgehead atoms. The molecular formula is C22H21ClN6O. The first-order chi connectivity index (χ1) is 14.6.